The van der Waals surface area contributed by atoms with E-state index < -0.39 is 48.5 Å². The van der Waals surface area contributed by atoms with Crippen molar-refractivity contribution in [1.29, 1.82) is 0 Å². The molecule has 0 bridgehead atoms. The number of phosphoric ester groups is 1. The Labute approximate surface area is 188 Å². The van der Waals surface area contributed by atoms with Crippen molar-refractivity contribution in [2.45, 2.75) is 37.2 Å². The summed E-state index contributed by atoms with van der Waals surface area (Å²) in [4.78, 5) is 37.5. The molecule has 0 aliphatic carbocycles. The highest BCUT2D eigenvalue weighted by Crippen LogP contribution is 2.66. The zero-order chi connectivity index (χ0) is 23.9. The molecule has 5 N–H and O–H groups in total. The van der Waals surface area contributed by atoms with E-state index in [9.17, 15) is 28.6 Å². The number of aryl methyl sites for hydroxylation is 1. The van der Waals surface area contributed by atoms with Crippen LogP contribution in [0.5, 0.6) is 0 Å². The maximum Gasteiger partial charge on any atom is 0.490 e. The van der Waals surface area contributed by atoms with Gasteiger partial charge < -0.3 is 34.3 Å². The molecule has 17 heteroatoms. The van der Waals surface area contributed by atoms with Gasteiger partial charge in [0.1, 0.15) is 17.7 Å². The number of phosphoric acid groups is 3. The molecule has 0 spiro atoms. The normalized spacial score (nSPS) is 29.4. The lowest BCUT2D eigenvalue weighted by Crippen LogP contribution is -2.34. The Bertz CT molecular complexity index is 1030. The van der Waals surface area contributed by atoms with Crippen LogP contribution in [-0.2, 0) is 31.6 Å². The molecule has 2 aliphatic rings. The number of aliphatic hydroxyl groups is 1. The average molecular weight is 533 g/mol. The summed E-state index contributed by atoms with van der Waals surface area (Å²) in [7, 11) is -16.4. The van der Waals surface area contributed by atoms with Crippen LogP contribution >= 0.6 is 36.1 Å². The number of hydrogen-bond acceptors (Lipinski definition) is 10. The van der Waals surface area contributed by atoms with Gasteiger partial charge in [0, 0.05) is 12.6 Å². The molecule has 1 aromatic rings. The number of benzene rings is 1. The van der Waals surface area contributed by atoms with Crippen molar-refractivity contribution in [2.24, 2.45) is 0 Å². The van der Waals surface area contributed by atoms with E-state index in [1.165, 1.54) is 0 Å². The minimum Gasteiger partial charge on any atom is -0.390 e. The van der Waals surface area contributed by atoms with Gasteiger partial charge in [-0.05, 0) is 24.1 Å². The molecule has 0 amide bonds. The maximum atomic E-state index is 11.9. The molecule has 13 nitrogen and oxygen atoms in total. The van der Waals surface area contributed by atoms with Gasteiger partial charge in [0.05, 0.1) is 12.7 Å². The standard InChI is InChI=1S/C15H22NO12P3S/c1-9-2-3-11-10(6-9)4-5-16(15(11)32)14-7-12(17)13(26-14)8-25-30(21,22)28-31(23,24)27-29(18,19)20/h2-6,12-15,17,32H,7-8H2,1H3,(H,21,22)(H,23,24)(H2,18,19,20)/t12?,13-,14-,15?/m1/s1. The van der Waals surface area contributed by atoms with Gasteiger partial charge in [-0.2, -0.15) is 8.62 Å². The van der Waals surface area contributed by atoms with Crippen LogP contribution in [-0.4, -0.2) is 54.6 Å². The minimum atomic E-state index is -5.62. The van der Waals surface area contributed by atoms with Crippen LogP contribution in [0.1, 0.15) is 28.5 Å². The Morgan fingerprint density at radius 2 is 1.84 bits per heavy atom. The smallest absolute Gasteiger partial charge is 0.390 e. The van der Waals surface area contributed by atoms with E-state index in [4.69, 9.17) is 14.5 Å². The first-order chi connectivity index (χ1) is 14.7. The van der Waals surface area contributed by atoms with Crippen molar-refractivity contribution in [1.82, 2.24) is 4.90 Å². The molecule has 180 valence electrons. The van der Waals surface area contributed by atoms with Crippen molar-refractivity contribution in [3.8, 4) is 0 Å². The van der Waals surface area contributed by atoms with Crippen LogP contribution in [0.2, 0.25) is 0 Å². The first-order valence-corrected chi connectivity index (χ1v) is 14.1. The molecule has 2 aliphatic heterocycles. The zero-order valence-corrected chi connectivity index (χ0v) is 20.0. The molecule has 6 atom stereocenters. The molecule has 1 fully saturated rings. The lowest BCUT2D eigenvalue weighted by Gasteiger charge is -2.36. The van der Waals surface area contributed by atoms with E-state index in [-0.39, 0.29) is 11.8 Å². The lowest BCUT2D eigenvalue weighted by molar-refractivity contribution is -0.0661. The van der Waals surface area contributed by atoms with E-state index in [0.29, 0.717) is 0 Å². The third-order valence-electron chi connectivity index (χ3n) is 4.58. The number of thiol groups is 1. The predicted molar refractivity (Wildman–Crippen MR) is 113 cm³/mol. The first-order valence-electron chi connectivity index (χ1n) is 9.02. The molecule has 2 heterocycles. The molecule has 3 rings (SSSR count). The lowest BCUT2D eigenvalue weighted by atomic mass is 10.0. The van der Waals surface area contributed by atoms with Crippen LogP contribution < -0.4 is 0 Å². The van der Waals surface area contributed by atoms with Gasteiger partial charge in [-0.15, -0.1) is 12.6 Å². The summed E-state index contributed by atoms with van der Waals surface area (Å²) < 4.78 is 51.4. The summed E-state index contributed by atoms with van der Waals surface area (Å²) in [6.45, 7) is 1.23. The average Bonchev–Trinajstić information content (AvgIpc) is 2.97. The molecule has 1 saturated heterocycles. The highest BCUT2D eigenvalue weighted by atomic mass is 32.1. The molecule has 0 aromatic heterocycles. The second-order valence-electron chi connectivity index (χ2n) is 7.09. The fourth-order valence-corrected chi connectivity index (χ4v) is 6.75. The predicted octanol–water partition coefficient (Wildman–Crippen LogP) is 2.03. The Kier molecular flexibility index (Phi) is 7.81. The van der Waals surface area contributed by atoms with Crippen LogP contribution in [0, 0.1) is 6.92 Å². The van der Waals surface area contributed by atoms with Crippen LogP contribution in [0.4, 0.5) is 0 Å². The third kappa shape index (κ3) is 6.74. The Morgan fingerprint density at radius 3 is 2.50 bits per heavy atom. The quantitative estimate of drug-likeness (QED) is 0.210. The van der Waals surface area contributed by atoms with Gasteiger partial charge in [-0.1, -0.05) is 23.8 Å². The van der Waals surface area contributed by atoms with Crippen LogP contribution in [0.25, 0.3) is 6.08 Å². The van der Waals surface area contributed by atoms with Crippen LogP contribution in [0.15, 0.2) is 24.4 Å². The molecular formula is C15H22NO12P3S. The minimum absolute atomic E-state index is 0.104. The van der Waals surface area contributed by atoms with E-state index in [0.717, 1.165) is 16.7 Å². The van der Waals surface area contributed by atoms with E-state index in [2.05, 4.69) is 25.8 Å². The van der Waals surface area contributed by atoms with E-state index in [1.807, 2.05) is 31.2 Å². The topological polar surface area (TPSA) is 193 Å². The molecule has 1 aromatic carbocycles. The van der Waals surface area contributed by atoms with Gasteiger partial charge in [0.2, 0.25) is 0 Å². The molecular weight excluding hydrogens is 511 g/mol. The summed E-state index contributed by atoms with van der Waals surface area (Å²) in [5.41, 5.74) is 3.00. The van der Waals surface area contributed by atoms with Gasteiger partial charge in [-0.3, -0.25) is 4.52 Å². The second kappa shape index (κ2) is 9.59. The van der Waals surface area contributed by atoms with E-state index >= 15 is 0 Å². The fourth-order valence-electron chi connectivity index (χ4n) is 3.26. The van der Waals surface area contributed by atoms with Crippen molar-refractivity contribution >= 4 is 42.2 Å². The van der Waals surface area contributed by atoms with Crippen molar-refractivity contribution in [2.75, 3.05) is 6.61 Å². The van der Waals surface area contributed by atoms with Crippen LogP contribution in [0.3, 0.4) is 0 Å². The molecule has 0 saturated carbocycles. The first kappa shape index (κ1) is 26.1. The maximum absolute atomic E-state index is 11.9. The summed E-state index contributed by atoms with van der Waals surface area (Å²) in [6.07, 6.45) is 0.824. The Morgan fingerprint density at radius 1 is 1.16 bits per heavy atom. The molecule has 4 unspecified atom stereocenters. The summed E-state index contributed by atoms with van der Waals surface area (Å²) in [5.74, 6) is 0. The summed E-state index contributed by atoms with van der Waals surface area (Å²) >= 11 is 4.62. The number of aliphatic hydroxyl groups excluding tert-OH is 1. The number of nitrogens with zero attached hydrogens (tertiary/aromatic N) is 1. The van der Waals surface area contributed by atoms with Gasteiger partial charge >= 0.3 is 23.5 Å². The number of hydrogen-bond donors (Lipinski definition) is 6. The monoisotopic (exact) mass is 533 g/mol. The number of ether oxygens (including phenoxy) is 1. The Balaban J connectivity index is 1.60. The number of fused-ring (bicyclic) bond motifs is 1. The van der Waals surface area contributed by atoms with Crippen molar-refractivity contribution < 1.29 is 56.3 Å². The van der Waals surface area contributed by atoms with E-state index in [1.54, 1.807) is 11.1 Å². The van der Waals surface area contributed by atoms with Gasteiger partial charge in [-0.25, -0.2) is 13.7 Å². The third-order valence-corrected chi connectivity index (χ3v) is 8.93. The largest absolute Gasteiger partial charge is 0.490 e. The second-order valence-corrected chi connectivity index (χ2v) is 12.0. The highest BCUT2D eigenvalue weighted by Gasteiger charge is 2.43. The molecule has 0 radical (unpaired) electrons. The summed E-state index contributed by atoms with van der Waals surface area (Å²) in [6, 6.07) is 5.87. The fraction of sp³-hybridized carbons (Fsp3) is 0.467. The Hall–Kier alpha value is -0.560. The van der Waals surface area contributed by atoms with Crippen molar-refractivity contribution in [3.05, 3.63) is 41.1 Å². The summed E-state index contributed by atoms with van der Waals surface area (Å²) in [5, 5.41) is 9.88. The van der Waals surface area contributed by atoms with Gasteiger partial charge in [0.25, 0.3) is 0 Å². The number of rotatable bonds is 8. The zero-order valence-electron chi connectivity index (χ0n) is 16.4. The van der Waals surface area contributed by atoms with Gasteiger partial charge in [0.15, 0.2) is 0 Å². The highest BCUT2D eigenvalue weighted by molar-refractivity contribution is 7.80. The SMILES string of the molecule is Cc1ccc2c(c1)C=CN([C@H]1CC(O)[C@@H](COP(=O)(O)OP(=O)(O)OP(=O)(O)O)O1)C2S. The molecule has 32 heavy (non-hydrogen) atoms. The van der Waals surface area contributed by atoms with Crippen molar-refractivity contribution in [3.63, 3.8) is 0 Å².